The molecule has 9 heteroatoms. The Labute approximate surface area is 224 Å². The van der Waals surface area contributed by atoms with E-state index in [0.29, 0.717) is 22.6 Å². The Balaban J connectivity index is 1.50. The number of ether oxygens (including phenoxy) is 2. The van der Waals surface area contributed by atoms with E-state index in [1.807, 2.05) is 50.2 Å². The Hall–Kier alpha value is -4.40. The number of alkyl halides is 3. The second-order valence-corrected chi connectivity index (χ2v) is 9.37. The number of carbonyl (C=O) groups is 1. The number of anilines is 1. The van der Waals surface area contributed by atoms with Gasteiger partial charge in [0.2, 0.25) is 5.76 Å². The van der Waals surface area contributed by atoms with Gasteiger partial charge in [0.15, 0.2) is 0 Å². The number of benzene rings is 3. The number of fused-ring (bicyclic) bond motifs is 1. The lowest BCUT2D eigenvalue weighted by Gasteiger charge is -2.38. The van der Waals surface area contributed by atoms with E-state index in [2.05, 4.69) is 5.32 Å². The van der Waals surface area contributed by atoms with E-state index in [9.17, 15) is 18.0 Å². The summed E-state index contributed by atoms with van der Waals surface area (Å²) in [7, 11) is 1.57. The van der Waals surface area contributed by atoms with Gasteiger partial charge in [0.05, 0.1) is 19.2 Å². The molecule has 0 saturated carbocycles. The summed E-state index contributed by atoms with van der Waals surface area (Å²) in [6.45, 7) is 4.00. The van der Waals surface area contributed by atoms with Crippen molar-refractivity contribution in [2.24, 2.45) is 0 Å². The lowest BCUT2D eigenvalue weighted by molar-refractivity contribution is -0.153. The molecule has 202 valence electrons. The van der Waals surface area contributed by atoms with Crippen molar-refractivity contribution in [3.05, 3.63) is 112 Å². The highest BCUT2D eigenvalue weighted by Crippen LogP contribution is 2.37. The van der Waals surface area contributed by atoms with Crippen LogP contribution in [0, 0.1) is 13.8 Å². The minimum atomic E-state index is -4.62. The monoisotopic (exact) mass is 536 g/mol. The maximum atomic E-state index is 13.6. The Bertz CT molecular complexity index is 1490. The van der Waals surface area contributed by atoms with Crippen molar-refractivity contribution in [3.8, 4) is 11.5 Å². The molecule has 2 heterocycles. The summed E-state index contributed by atoms with van der Waals surface area (Å²) in [4.78, 5) is 15.0. The number of hydrogen-bond acceptors (Lipinski definition) is 5. The summed E-state index contributed by atoms with van der Waals surface area (Å²) in [6.07, 6.45) is -5.30. The fraction of sp³-hybridized carbons (Fsp3) is 0.233. The number of nitrogens with zero attached hydrogens (tertiary/aromatic N) is 1. The van der Waals surface area contributed by atoms with Gasteiger partial charge in [-0.2, -0.15) is 13.2 Å². The van der Waals surface area contributed by atoms with Crippen LogP contribution in [0.3, 0.4) is 0 Å². The van der Waals surface area contributed by atoms with Crippen LogP contribution in [0.4, 0.5) is 18.9 Å². The van der Waals surface area contributed by atoms with Gasteiger partial charge in [0.25, 0.3) is 5.91 Å². The van der Waals surface area contributed by atoms with Gasteiger partial charge >= 0.3 is 6.18 Å². The molecule has 1 N–H and O–H groups in total. The second-order valence-electron chi connectivity index (χ2n) is 9.37. The summed E-state index contributed by atoms with van der Waals surface area (Å²) in [5, 5.41) is 3.37. The normalized spacial score (nSPS) is 15.1. The molecule has 0 spiro atoms. The average molecular weight is 537 g/mol. The maximum absolute atomic E-state index is 13.6. The minimum Gasteiger partial charge on any atom is -0.496 e. The lowest BCUT2D eigenvalue weighted by atomic mass is 10.0. The zero-order chi connectivity index (χ0) is 27.7. The molecule has 0 bridgehead atoms. The van der Waals surface area contributed by atoms with Crippen LogP contribution in [0.1, 0.15) is 50.3 Å². The van der Waals surface area contributed by atoms with Crippen molar-refractivity contribution in [2.75, 3.05) is 12.4 Å². The highest BCUT2D eigenvalue weighted by atomic mass is 19.4. The molecule has 39 heavy (non-hydrogen) atoms. The molecule has 4 aromatic rings. The SMILES string of the molecule is COc1ccc(C2Nc3ccccc3C(=O)N2Cc2ccc(C(F)(F)F)o2)cc1COc1c(C)cccc1C. The van der Waals surface area contributed by atoms with Gasteiger partial charge < -0.3 is 24.1 Å². The van der Waals surface area contributed by atoms with E-state index >= 15 is 0 Å². The van der Waals surface area contributed by atoms with E-state index in [0.717, 1.165) is 28.5 Å². The third-order valence-electron chi connectivity index (χ3n) is 6.69. The van der Waals surface area contributed by atoms with Crippen molar-refractivity contribution >= 4 is 11.6 Å². The predicted octanol–water partition coefficient (Wildman–Crippen LogP) is 7.27. The molecule has 0 fully saturated rings. The standard InChI is InChI=1S/C30H27F3N2O4/c1-18-7-6-8-19(2)27(18)38-17-21-15-20(11-13-25(21)37-3)28-34-24-10-5-4-9-23(24)29(36)35(28)16-22-12-14-26(39-22)30(31,32)33/h4-15,28,34H,16-17H2,1-3H3. The first-order valence-corrected chi connectivity index (χ1v) is 12.3. The molecular weight excluding hydrogens is 509 g/mol. The highest BCUT2D eigenvalue weighted by molar-refractivity contribution is 6.01. The molecule has 1 unspecified atom stereocenters. The van der Waals surface area contributed by atoms with Crippen molar-refractivity contribution in [1.82, 2.24) is 4.90 Å². The van der Waals surface area contributed by atoms with Crippen molar-refractivity contribution in [3.63, 3.8) is 0 Å². The molecule has 0 saturated heterocycles. The van der Waals surface area contributed by atoms with Crippen LogP contribution in [0.25, 0.3) is 0 Å². The predicted molar refractivity (Wildman–Crippen MR) is 140 cm³/mol. The first-order chi connectivity index (χ1) is 18.7. The van der Waals surface area contributed by atoms with Crippen LogP contribution in [-0.4, -0.2) is 17.9 Å². The van der Waals surface area contributed by atoms with E-state index in [1.54, 1.807) is 31.4 Å². The van der Waals surface area contributed by atoms with E-state index in [1.165, 1.54) is 11.0 Å². The van der Waals surface area contributed by atoms with E-state index in [-0.39, 0.29) is 24.8 Å². The fourth-order valence-electron chi connectivity index (χ4n) is 4.76. The average Bonchev–Trinajstić information content (AvgIpc) is 3.39. The van der Waals surface area contributed by atoms with Gasteiger partial charge in [-0.15, -0.1) is 0 Å². The van der Waals surface area contributed by atoms with Gasteiger partial charge in [-0.05, 0) is 66.9 Å². The van der Waals surface area contributed by atoms with Crippen LogP contribution in [0.5, 0.6) is 11.5 Å². The van der Waals surface area contributed by atoms with Crippen LogP contribution in [0.15, 0.2) is 77.2 Å². The zero-order valence-corrected chi connectivity index (χ0v) is 21.6. The maximum Gasteiger partial charge on any atom is 0.449 e. The second kappa shape index (κ2) is 10.4. The Kier molecular flexibility index (Phi) is 6.99. The van der Waals surface area contributed by atoms with Crippen LogP contribution < -0.4 is 14.8 Å². The van der Waals surface area contributed by atoms with Gasteiger partial charge in [-0.3, -0.25) is 4.79 Å². The quantitative estimate of drug-likeness (QED) is 0.269. The highest BCUT2D eigenvalue weighted by Gasteiger charge is 2.37. The topological polar surface area (TPSA) is 63.9 Å². The molecule has 1 atom stereocenters. The first kappa shape index (κ1) is 26.2. The summed E-state index contributed by atoms with van der Waals surface area (Å²) < 4.78 is 56.2. The Morgan fingerprint density at radius 2 is 1.72 bits per heavy atom. The van der Waals surface area contributed by atoms with Gasteiger partial charge in [0.1, 0.15) is 30.0 Å². The zero-order valence-electron chi connectivity index (χ0n) is 21.6. The van der Waals surface area contributed by atoms with Crippen LogP contribution in [-0.2, 0) is 19.3 Å². The van der Waals surface area contributed by atoms with E-state index < -0.39 is 18.1 Å². The third kappa shape index (κ3) is 5.30. The van der Waals surface area contributed by atoms with Gasteiger partial charge in [-0.1, -0.05) is 36.4 Å². The number of hydrogen-bond donors (Lipinski definition) is 1. The Morgan fingerprint density at radius 3 is 2.41 bits per heavy atom. The van der Waals surface area contributed by atoms with Gasteiger partial charge in [0, 0.05) is 11.3 Å². The minimum absolute atomic E-state index is 0.0222. The summed E-state index contributed by atoms with van der Waals surface area (Å²) in [6, 6.07) is 20.5. The first-order valence-electron chi connectivity index (χ1n) is 12.3. The number of amides is 1. The number of halogens is 3. The van der Waals surface area contributed by atoms with Crippen LogP contribution in [0.2, 0.25) is 0 Å². The molecule has 0 aliphatic carbocycles. The van der Waals surface area contributed by atoms with Crippen molar-refractivity contribution in [1.29, 1.82) is 0 Å². The van der Waals surface area contributed by atoms with Crippen LogP contribution >= 0.6 is 0 Å². The number of methoxy groups -OCH3 is 1. The molecule has 1 aromatic heterocycles. The largest absolute Gasteiger partial charge is 0.496 e. The fourth-order valence-corrected chi connectivity index (χ4v) is 4.76. The van der Waals surface area contributed by atoms with Gasteiger partial charge in [-0.25, -0.2) is 0 Å². The summed E-state index contributed by atoms with van der Waals surface area (Å²) in [5.41, 5.74) is 4.52. The molecule has 1 amide bonds. The molecule has 6 nitrogen and oxygen atoms in total. The molecular formula is C30H27F3N2O4. The number of rotatable bonds is 7. The van der Waals surface area contributed by atoms with E-state index in [4.69, 9.17) is 13.9 Å². The lowest BCUT2D eigenvalue weighted by Crippen LogP contribution is -2.42. The summed E-state index contributed by atoms with van der Waals surface area (Å²) in [5.74, 6) is -0.0237. The molecule has 1 aliphatic heterocycles. The van der Waals surface area contributed by atoms with Crippen molar-refractivity contribution < 1.29 is 31.9 Å². The number of nitrogens with one attached hydrogen (secondary N) is 1. The number of aryl methyl sites for hydroxylation is 2. The number of furan rings is 1. The molecule has 3 aromatic carbocycles. The molecule has 5 rings (SSSR count). The molecule has 1 aliphatic rings. The third-order valence-corrected chi connectivity index (χ3v) is 6.69. The molecule has 0 radical (unpaired) electrons. The Morgan fingerprint density at radius 1 is 0.974 bits per heavy atom. The number of para-hydroxylation sites is 2. The smallest absolute Gasteiger partial charge is 0.449 e. The number of carbonyl (C=O) groups excluding carboxylic acids is 1. The van der Waals surface area contributed by atoms with Crippen molar-refractivity contribution in [2.45, 2.75) is 39.3 Å². The summed E-state index contributed by atoms with van der Waals surface area (Å²) >= 11 is 0.